The number of nitrogens with zero attached hydrogens (tertiary/aromatic N) is 1. The van der Waals surface area contributed by atoms with Gasteiger partial charge in [-0.25, -0.2) is 12.7 Å². The number of aliphatic hydroxyl groups is 1. The van der Waals surface area contributed by atoms with E-state index in [1.165, 1.54) is 4.31 Å². The molecular weight excluding hydrogens is 238 g/mol. The Labute approximate surface area is 96.3 Å². The molecule has 15 heavy (non-hydrogen) atoms. The average Bonchev–Trinajstić information content (AvgIpc) is 2.19. The highest BCUT2D eigenvalue weighted by atomic mass is 35.5. The lowest BCUT2D eigenvalue weighted by Gasteiger charge is -2.31. The molecule has 1 unspecified atom stereocenters. The van der Waals surface area contributed by atoms with E-state index >= 15 is 0 Å². The fourth-order valence-corrected chi connectivity index (χ4v) is 3.81. The van der Waals surface area contributed by atoms with Crippen molar-refractivity contribution >= 4 is 21.6 Å². The Bertz CT molecular complexity index is 279. The number of aliphatic hydroxyl groups excluding tert-OH is 1. The molecule has 1 heterocycles. The smallest absolute Gasteiger partial charge is 0.215 e. The van der Waals surface area contributed by atoms with Crippen molar-refractivity contribution in [2.24, 2.45) is 5.92 Å². The Morgan fingerprint density at radius 1 is 1.47 bits per heavy atom. The summed E-state index contributed by atoms with van der Waals surface area (Å²) < 4.78 is 24.9. The highest BCUT2D eigenvalue weighted by Crippen LogP contribution is 2.21. The Kier molecular flexibility index (Phi) is 5.32. The first-order valence-corrected chi connectivity index (χ1v) is 7.39. The van der Waals surface area contributed by atoms with Crippen LogP contribution >= 0.6 is 11.6 Å². The average molecular weight is 256 g/mol. The number of rotatable bonds is 5. The first-order valence-electron chi connectivity index (χ1n) is 5.25. The molecule has 0 aromatic rings. The van der Waals surface area contributed by atoms with E-state index in [2.05, 4.69) is 0 Å². The van der Waals surface area contributed by atoms with Gasteiger partial charge in [-0.15, -0.1) is 11.6 Å². The number of sulfonamides is 1. The van der Waals surface area contributed by atoms with E-state index in [9.17, 15) is 8.42 Å². The molecule has 1 aliphatic heterocycles. The molecule has 1 rings (SSSR count). The molecule has 0 saturated carbocycles. The fourth-order valence-electron chi connectivity index (χ4n) is 1.92. The van der Waals surface area contributed by atoms with E-state index in [4.69, 9.17) is 16.7 Å². The third kappa shape index (κ3) is 3.90. The van der Waals surface area contributed by atoms with Gasteiger partial charge in [0.1, 0.15) is 0 Å². The second-order valence-electron chi connectivity index (χ2n) is 3.88. The summed E-state index contributed by atoms with van der Waals surface area (Å²) in [6.45, 7) is 1.27. The van der Waals surface area contributed by atoms with Crippen LogP contribution in [0, 0.1) is 5.92 Å². The molecule has 0 aromatic carbocycles. The summed E-state index contributed by atoms with van der Waals surface area (Å²) in [6, 6.07) is 0. The molecule has 90 valence electrons. The standard InChI is InChI=1S/C9H18ClNO3S/c10-4-7-15(13,14)11-5-1-2-9(8-11)3-6-12/h9,12H,1-8H2. The molecule has 6 heteroatoms. The summed E-state index contributed by atoms with van der Waals surface area (Å²) in [7, 11) is -3.16. The van der Waals surface area contributed by atoms with Crippen LogP contribution in [0.4, 0.5) is 0 Å². The summed E-state index contributed by atoms with van der Waals surface area (Å²) in [5.74, 6) is 0.457. The Morgan fingerprint density at radius 2 is 2.20 bits per heavy atom. The Balaban J connectivity index is 2.55. The van der Waals surface area contributed by atoms with E-state index in [0.29, 0.717) is 25.4 Å². The van der Waals surface area contributed by atoms with Gasteiger partial charge in [0, 0.05) is 25.6 Å². The number of halogens is 1. The van der Waals surface area contributed by atoms with Crippen molar-refractivity contribution in [3.63, 3.8) is 0 Å². The lowest BCUT2D eigenvalue weighted by molar-refractivity contribution is 0.203. The third-order valence-corrected chi connectivity index (χ3v) is 5.00. The van der Waals surface area contributed by atoms with Crippen molar-refractivity contribution in [2.75, 3.05) is 31.3 Å². The highest BCUT2D eigenvalue weighted by Gasteiger charge is 2.27. The van der Waals surface area contributed by atoms with Crippen molar-refractivity contribution < 1.29 is 13.5 Å². The minimum absolute atomic E-state index is 0.0143. The van der Waals surface area contributed by atoms with Crippen LogP contribution in [0.5, 0.6) is 0 Å². The zero-order chi connectivity index (χ0) is 11.3. The number of piperidine rings is 1. The predicted octanol–water partition coefficient (Wildman–Crippen LogP) is 0.649. The van der Waals surface area contributed by atoms with Crippen LogP contribution in [0.25, 0.3) is 0 Å². The van der Waals surface area contributed by atoms with Crippen LogP contribution in [0.15, 0.2) is 0 Å². The maximum absolute atomic E-state index is 11.7. The van der Waals surface area contributed by atoms with Crippen LogP contribution in [0.2, 0.25) is 0 Å². The van der Waals surface area contributed by atoms with Crippen molar-refractivity contribution in [3.05, 3.63) is 0 Å². The van der Waals surface area contributed by atoms with Gasteiger partial charge in [-0.3, -0.25) is 0 Å². The lowest BCUT2D eigenvalue weighted by atomic mass is 9.97. The largest absolute Gasteiger partial charge is 0.396 e. The maximum atomic E-state index is 11.7. The molecular formula is C9H18ClNO3S. The number of alkyl halides is 1. The predicted molar refractivity (Wildman–Crippen MR) is 60.5 cm³/mol. The molecule has 1 aliphatic rings. The van der Waals surface area contributed by atoms with Gasteiger partial charge in [0.15, 0.2) is 0 Å². The van der Waals surface area contributed by atoms with E-state index in [1.54, 1.807) is 0 Å². The topological polar surface area (TPSA) is 57.6 Å². The molecule has 1 N–H and O–H groups in total. The van der Waals surface area contributed by atoms with Crippen LogP contribution in [-0.2, 0) is 10.0 Å². The molecule has 0 aliphatic carbocycles. The van der Waals surface area contributed by atoms with Gasteiger partial charge in [-0.05, 0) is 25.2 Å². The van der Waals surface area contributed by atoms with Gasteiger partial charge >= 0.3 is 0 Å². The fraction of sp³-hybridized carbons (Fsp3) is 1.00. The molecule has 1 fully saturated rings. The second-order valence-corrected chi connectivity index (χ2v) is 6.35. The molecule has 0 bridgehead atoms. The monoisotopic (exact) mass is 255 g/mol. The molecule has 0 spiro atoms. The van der Waals surface area contributed by atoms with Crippen molar-refractivity contribution in [1.29, 1.82) is 0 Å². The van der Waals surface area contributed by atoms with Gasteiger partial charge in [-0.1, -0.05) is 0 Å². The minimum atomic E-state index is -3.16. The summed E-state index contributed by atoms with van der Waals surface area (Å²) >= 11 is 5.46. The van der Waals surface area contributed by atoms with Crippen LogP contribution in [0.3, 0.4) is 0 Å². The van der Waals surface area contributed by atoms with E-state index in [0.717, 1.165) is 12.8 Å². The van der Waals surface area contributed by atoms with Gasteiger partial charge in [0.05, 0.1) is 5.75 Å². The lowest BCUT2D eigenvalue weighted by Crippen LogP contribution is -2.41. The summed E-state index contributed by atoms with van der Waals surface area (Å²) in [6.07, 6.45) is 2.58. The molecule has 1 atom stereocenters. The van der Waals surface area contributed by atoms with Gasteiger partial charge in [0.25, 0.3) is 0 Å². The highest BCUT2D eigenvalue weighted by molar-refractivity contribution is 7.89. The maximum Gasteiger partial charge on any atom is 0.215 e. The quantitative estimate of drug-likeness (QED) is 0.734. The van der Waals surface area contributed by atoms with Crippen molar-refractivity contribution in [3.8, 4) is 0 Å². The number of hydrogen-bond donors (Lipinski definition) is 1. The summed E-state index contributed by atoms with van der Waals surface area (Å²) in [4.78, 5) is 0. The van der Waals surface area contributed by atoms with E-state index < -0.39 is 10.0 Å². The Hall–Kier alpha value is 0.160. The molecule has 4 nitrogen and oxygen atoms in total. The number of hydrogen-bond acceptors (Lipinski definition) is 3. The van der Waals surface area contributed by atoms with Crippen LogP contribution in [0.1, 0.15) is 19.3 Å². The van der Waals surface area contributed by atoms with Crippen LogP contribution < -0.4 is 0 Å². The second kappa shape index (κ2) is 6.03. The SMILES string of the molecule is O=S(=O)(CCCl)N1CCCC(CCO)C1. The van der Waals surface area contributed by atoms with Gasteiger partial charge < -0.3 is 5.11 Å². The van der Waals surface area contributed by atoms with E-state index in [-0.39, 0.29) is 18.2 Å². The molecule has 0 amide bonds. The molecule has 0 radical (unpaired) electrons. The third-order valence-electron chi connectivity index (χ3n) is 2.75. The zero-order valence-electron chi connectivity index (χ0n) is 8.73. The van der Waals surface area contributed by atoms with Gasteiger partial charge in [-0.2, -0.15) is 0 Å². The zero-order valence-corrected chi connectivity index (χ0v) is 10.3. The van der Waals surface area contributed by atoms with Crippen molar-refractivity contribution in [2.45, 2.75) is 19.3 Å². The molecule has 0 aromatic heterocycles. The minimum Gasteiger partial charge on any atom is -0.396 e. The molecule has 1 saturated heterocycles. The van der Waals surface area contributed by atoms with Crippen molar-refractivity contribution in [1.82, 2.24) is 4.31 Å². The Morgan fingerprint density at radius 3 is 2.80 bits per heavy atom. The van der Waals surface area contributed by atoms with Crippen LogP contribution in [-0.4, -0.2) is 49.2 Å². The first kappa shape index (κ1) is 13.2. The normalized spacial score (nSPS) is 24.3. The van der Waals surface area contributed by atoms with Gasteiger partial charge in [0.2, 0.25) is 10.0 Å². The first-order chi connectivity index (χ1) is 7.10. The van der Waals surface area contributed by atoms with E-state index in [1.807, 2.05) is 0 Å². The summed E-state index contributed by atoms with van der Waals surface area (Å²) in [5, 5.41) is 8.82. The summed E-state index contributed by atoms with van der Waals surface area (Å²) in [5.41, 5.74) is 0.